The molecule has 6 heteroatoms. The topological polar surface area (TPSA) is 81.6 Å². The van der Waals surface area contributed by atoms with Crippen molar-refractivity contribution in [2.24, 2.45) is 5.73 Å². The van der Waals surface area contributed by atoms with Gasteiger partial charge in [-0.15, -0.1) is 0 Å². The highest BCUT2D eigenvalue weighted by Gasteiger charge is 2.32. The molecule has 1 fully saturated rings. The second kappa shape index (κ2) is 5.14. The molecule has 1 atom stereocenters. The zero-order chi connectivity index (χ0) is 15.1. The third kappa shape index (κ3) is 2.07. The number of nitrogens with two attached hydrogens (primary N) is 1. The van der Waals surface area contributed by atoms with Crippen LogP contribution in [0.3, 0.4) is 0 Å². The number of aromatic nitrogens is 1. The molecule has 1 amide bonds. The van der Waals surface area contributed by atoms with Gasteiger partial charge in [-0.3, -0.25) is 4.90 Å². The Labute approximate surface area is 127 Å². The van der Waals surface area contributed by atoms with E-state index >= 15 is 0 Å². The Morgan fingerprint density at radius 3 is 3.00 bits per heavy atom. The van der Waals surface area contributed by atoms with Crippen LogP contribution >= 0.6 is 0 Å². The number of carbonyl (C=O) groups excluding carboxylic acids is 1. The van der Waals surface area contributed by atoms with E-state index in [4.69, 9.17) is 15.0 Å². The molecule has 114 valence electrons. The minimum Gasteiger partial charge on any atom is -0.443 e. The highest BCUT2D eigenvalue weighted by Crippen LogP contribution is 2.35. The number of carbonyl (C=O) groups is 1. The Bertz CT molecular complexity index is 725. The normalized spacial score (nSPS) is 20.3. The Kier molecular flexibility index (Phi) is 3.11. The number of amides is 1. The van der Waals surface area contributed by atoms with E-state index in [2.05, 4.69) is 5.16 Å². The first kappa shape index (κ1) is 13.3. The molecule has 1 saturated heterocycles. The van der Waals surface area contributed by atoms with Gasteiger partial charge in [0.15, 0.2) is 5.76 Å². The van der Waals surface area contributed by atoms with Crippen LogP contribution in [0.15, 0.2) is 28.9 Å². The zero-order valence-electron chi connectivity index (χ0n) is 12.1. The van der Waals surface area contributed by atoms with Gasteiger partial charge in [0.05, 0.1) is 12.7 Å². The lowest BCUT2D eigenvalue weighted by Gasteiger charge is -2.15. The van der Waals surface area contributed by atoms with Crippen molar-refractivity contribution >= 4 is 11.8 Å². The van der Waals surface area contributed by atoms with E-state index < -0.39 is 0 Å². The number of aryl methyl sites for hydroxylation is 2. The summed E-state index contributed by atoms with van der Waals surface area (Å²) in [5.74, 6) is 0.850. The predicted molar refractivity (Wildman–Crippen MR) is 80.6 cm³/mol. The van der Waals surface area contributed by atoms with Crippen molar-refractivity contribution in [1.82, 2.24) is 5.16 Å². The van der Waals surface area contributed by atoms with Crippen LogP contribution in [-0.2, 0) is 17.6 Å². The molecule has 2 N–H and O–H groups in total. The van der Waals surface area contributed by atoms with Crippen molar-refractivity contribution < 1.29 is 14.1 Å². The van der Waals surface area contributed by atoms with Crippen LogP contribution in [0, 0.1) is 0 Å². The molecule has 4 rings (SSSR count). The Balaban J connectivity index is 1.71. The first-order chi connectivity index (χ1) is 10.8. The number of ether oxygens (including phenoxy) is 1. The molecule has 2 aromatic rings. The zero-order valence-corrected chi connectivity index (χ0v) is 12.1. The molecule has 2 aliphatic rings. The second-order valence-corrected chi connectivity index (χ2v) is 5.73. The summed E-state index contributed by atoms with van der Waals surface area (Å²) in [6, 6.07) is 5.98. The number of hydrogen-bond donors (Lipinski definition) is 1. The molecule has 22 heavy (non-hydrogen) atoms. The fraction of sp³-hybridized carbons (Fsp3) is 0.375. The van der Waals surface area contributed by atoms with Gasteiger partial charge < -0.3 is 15.0 Å². The van der Waals surface area contributed by atoms with Gasteiger partial charge in [0.2, 0.25) is 0 Å². The van der Waals surface area contributed by atoms with Gasteiger partial charge in [-0.1, -0.05) is 5.16 Å². The number of rotatable bonds is 2. The summed E-state index contributed by atoms with van der Waals surface area (Å²) in [6.45, 7) is 0.844. The highest BCUT2D eigenvalue weighted by molar-refractivity contribution is 5.90. The maximum absolute atomic E-state index is 12.0. The summed E-state index contributed by atoms with van der Waals surface area (Å²) in [5.41, 5.74) is 9.83. The molecule has 1 unspecified atom stereocenters. The largest absolute Gasteiger partial charge is 0.443 e. The van der Waals surface area contributed by atoms with Crippen molar-refractivity contribution in [2.75, 3.05) is 18.0 Å². The van der Waals surface area contributed by atoms with Crippen LogP contribution in [-0.4, -0.2) is 30.4 Å². The first-order valence-electron chi connectivity index (χ1n) is 7.51. The highest BCUT2D eigenvalue weighted by atomic mass is 16.6. The lowest BCUT2D eigenvalue weighted by molar-refractivity contribution is 0.145. The lowest BCUT2D eigenvalue weighted by Crippen LogP contribution is -2.27. The quantitative estimate of drug-likeness (QED) is 0.918. The van der Waals surface area contributed by atoms with Gasteiger partial charge in [-0.05, 0) is 43.0 Å². The molecule has 0 spiro atoms. The van der Waals surface area contributed by atoms with E-state index in [1.807, 2.05) is 18.2 Å². The van der Waals surface area contributed by atoms with Crippen molar-refractivity contribution in [3.8, 4) is 11.3 Å². The summed E-state index contributed by atoms with van der Waals surface area (Å²) >= 11 is 0. The summed E-state index contributed by atoms with van der Waals surface area (Å²) < 4.78 is 10.6. The van der Waals surface area contributed by atoms with Crippen LogP contribution in [0.2, 0.25) is 0 Å². The Morgan fingerprint density at radius 2 is 2.18 bits per heavy atom. The fourth-order valence-electron chi connectivity index (χ4n) is 3.16. The summed E-state index contributed by atoms with van der Waals surface area (Å²) in [4.78, 5) is 13.6. The maximum atomic E-state index is 12.0. The summed E-state index contributed by atoms with van der Waals surface area (Å²) in [5, 5.41) is 3.90. The van der Waals surface area contributed by atoms with Crippen LogP contribution < -0.4 is 10.6 Å². The number of fused-ring (bicyclic) bond motifs is 3. The maximum Gasteiger partial charge on any atom is 0.414 e. The monoisotopic (exact) mass is 299 g/mol. The predicted octanol–water partition coefficient (Wildman–Crippen LogP) is 2.11. The molecular weight excluding hydrogens is 282 g/mol. The molecule has 0 radical (unpaired) electrons. The molecule has 1 aliphatic heterocycles. The van der Waals surface area contributed by atoms with Gasteiger partial charge in [0, 0.05) is 23.4 Å². The van der Waals surface area contributed by atoms with Gasteiger partial charge in [0.1, 0.15) is 6.10 Å². The minimum absolute atomic E-state index is 0.229. The second-order valence-electron chi connectivity index (χ2n) is 5.73. The van der Waals surface area contributed by atoms with E-state index in [1.165, 1.54) is 5.56 Å². The smallest absolute Gasteiger partial charge is 0.414 e. The molecular formula is C16H17N3O3. The SMILES string of the molecule is NCC1CN(c2ccc3c(c2)CCCc2cnoc2-3)C(=O)O1. The lowest BCUT2D eigenvalue weighted by atomic mass is 10.0. The van der Waals surface area contributed by atoms with Gasteiger partial charge in [0.25, 0.3) is 0 Å². The average Bonchev–Trinajstić information content (AvgIpc) is 3.10. The number of hydrogen-bond acceptors (Lipinski definition) is 5. The van der Waals surface area contributed by atoms with E-state index in [0.717, 1.165) is 41.8 Å². The number of nitrogens with zero attached hydrogens (tertiary/aromatic N) is 2. The van der Waals surface area contributed by atoms with Crippen LogP contribution in [0.5, 0.6) is 0 Å². The third-order valence-electron chi connectivity index (χ3n) is 4.32. The summed E-state index contributed by atoms with van der Waals surface area (Å²) in [7, 11) is 0. The molecule has 2 heterocycles. The van der Waals surface area contributed by atoms with E-state index in [1.54, 1.807) is 11.1 Å². The number of anilines is 1. The van der Waals surface area contributed by atoms with Crippen molar-refractivity contribution in [2.45, 2.75) is 25.4 Å². The Morgan fingerprint density at radius 1 is 1.32 bits per heavy atom. The molecule has 6 nitrogen and oxygen atoms in total. The molecule has 1 aromatic heterocycles. The van der Waals surface area contributed by atoms with Crippen LogP contribution in [0.1, 0.15) is 17.5 Å². The standard InChI is InChI=1S/C16H17N3O3/c17-7-13-9-19(16(20)21-13)12-4-5-14-10(6-12)2-1-3-11-8-18-22-15(11)14/h4-6,8,13H,1-3,7,9,17H2. The summed E-state index contributed by atoms with van der Waals surface area (Å²) in [6.07, 6.45) is 4.19. The van der Waals surface area contributed by atoms with E-state index in [0.29, 0.717) is 13.1 Å². The molecule has 1 aromatic carbocycles. The number of benzene rings is 1. The molecule has 0 saturated carbocycles. The molecule has 0 bridgehead atoms. The van der Waals surface area contributed by atoms with E-state index in [9.17, 15) is 4.79 Å². The van der Waals surface area contributed by atoms with Gasteiger partial charge >= 0.3 is 6.09 Å². The van der Waals surface area contributed by atoms with Crippen LogP contribution in [0.25, 0.3) is 11.3 Å². The Hall–Kier alpha value is -2.34. The van der Waals surface area contributed by atoms with Crippen molar-refractivity contribution in [1.29, 1.82) is 0 Å². The minimum atomic E-state index is -0.329. The average molecular weight is 299 g/mol. The fourth-order valence-corrected chi connectivity index (χ4v) is 3.16. The van der Waals surface area contributed by atoms with E-state index in [-0.39, 0.29) is 12.2 Å². The number of cyclic esters (lactones) is 1. The third-order valence-corrected chi connectivity index (χ3v) is 4.32. The molecule has 1 aliphatic carbocycles. The first-order valence-corrected chi connectivity index (χ1v) is 7.51. The van der Waals surface area contributed by atoms with Gasteiger partial charge in [-0.2, -0.15) is 0 Å². The van der Waals surface area contributed by atoms with Crippen molar-refractivity contribution in [3.05, 3.63) is 35.5 Å². The van der Waals surface area contributed by atoms with Crippen LogP contribution in [0.4, 0.5) is 10.5 Å². The van der Waals surface area contributed by atoms with Crippen molar-refractivity contribution in [3.63, 3.8) is 0 Å². The van der Waals surface area contributed by atoms with Gasteiger partial charge in [-0.25, -0.2) is 4.79 Å².